The molecular formula is C9H14O4S. The van der Waals surface area contributed by atoms with Gasteiger partial charge in [-0.3, -0.25) is 4.79 Å². The van der Waals surface area contributed by atoms with Gasteiger partial charge in [0.15, 0.2) is 11.2 Å². The van der Waals surface area contributed by atoms with Gasteiger partial charge >= 0.3 is 5.97 Å². The first-order valence-corrected chi connectivity index (χ1v) is 5.67. The summed E-state index contributed by atoms with van der Waals surface area (Å²) in [7, 11) is 0. The van der Waals surface area contributed by atoms with Crippen LogP contribution in [0.2, 0.25) is 0 Å². The summed E-state index contributed by atoms with van der Waals surface area (Å²) < 4.78 is 16.5. The first-order valence-electron chi connectivity index (χ1n) is 4.62. The zero-order valence-electron chi connectivity index (χ0n) is 8.48. The molecule has 0 spiro atoms. The third-order valence-corrected chi connectivity index (χ3v) is 3.41. The quantitative estimate of drug-likeness (QED) is 0.618. The minimum atomic E-state index is -0.547. The molecule has 14 heavy (non-hydrogen) atoms. The maximum Gasteiger partial charge on any atom is 0.303 e. The first-order chi connectivity index (χ1) is 6.48. The Hall–Kier alpha value is -0.260. The van der Waals surface area contributed by atoms with Crippen LogP contribution in [0.1, 0.15) is 20.8 Å². The van der Waals surface area contributed by atoms with Crippen molar-refractivity contribution >= 4 is 17.7 Å². The minimum Gasteiger partial charge on any atom is -0.449 e. The number of carbonyl (C=O) groups is 1. The zero-order chi connectivity index (χ0) is 10.3. The van der Waals surface area contributed by atoms with Crippen LogP contribution in [-0.4, -0.2) is 35.2 Å². The maximum absolute atomic E-state index is 10.8. The van der Waals surface area contributed by atoms with Crippen molar-refractivity contribution in [3.63, 3.8) is 0 Å². The molecule has 1 unspecified atom stereocenters. The van der Waals surface area contributed by atoms with Gasteiger partial charge in [0.1, 0.15) is 12.2 Å². The highest BCUT2D eigenvalue weighted by Gasteiger charge is 2.51. The van der Waals surface area contributed by atoms with Crippen molar-refractivity contribution < 1.29 is 19.0 Å². The van der Waals surface area contributed by atoms with Crippen LogP contribution >= 0.6 is 11.8 Å². The Bertz CT molecular complexity index is 253. The lowest BCUT2D eigenvalue weighted by atomic mass is 10.2. The Kier molecular flexibility index (Phi) is 2.49. The highest BCUT2D eigenvalue weighted by atomic mass is 32.2. The number of hydrogen-bond acceptors (Lipinski definition) is 5. The molecule has 0 saturated carbocycles. The number of ether oxygens (including phenoxy) is 3. The van der Waals surface area contributed by atoms with Gasteiger partial charge in [-0.1, -0.05) is 0 Å². The second-order valence-electron chi connectivity index (χ2n) is 3.95. The van der Waals surface area contributed by atoms with E-state index in [2.05, 4.69) is 0 Å². The summed E-state index contributed by atoms with van der Waals surface area (Å²) in [6.07, 6.45) is -0.0572. The van der Waals surface area contributed by atoms with E-state index in [9.17, 15) is 4.79 Å². The van der Waals surface area contributed by atoms with Gasteiger partial charge in [-0.2, -0.15) is 0 Å². The topological polar surface area (TPSA) is 44.8 Å². The molecule has 2 rings (SSSR count). The predicted molar refractivity (Wildman–Crippen MR) is 51.8 cm³/mol. The van der Waals surface area contributed by atoms with Crippen molar-refractivity contribution in [2.45, 2.75) is 44.2 Å². The van der Waals surface area contributed by atoms with Gasteiger partial charge in [-0.25, -0.2) is 0 Å². The van der Waals surface area contributed by atoms with Gasteiger partial charge in [-0.15, -0.1) is 11.8 Å². The molecule has 0 aromatic carbocycles. The summed E-state index contributed by atoms with van der Waals surface area (Å²) in [6, 6.07) is 0. The van der Waals surface area contributed by atoms with Crippen molar-refractivity contribution in [2.24, 2.45) is 0 Å². The molecule has 0 aromatic rings. The fraction of sp³-hybridized carbons (Fsp3) is 0.889. The summed E-state index contributed by atoms with van der Waals surface area (Å²) >= 11 is 1.57. The van der Waals surface area contributed by atoms with Gasteiger partial charge < -0.3 is 14.2 Å². The molecule has 2 fully saturated rings. The summed E-state index contributed by atoms with van der Waals surface area (Å²) in [5, 5.41) is 0. The third-order valence-electron chi connectivity index (χ3n) is 2.20. The van der Waals surface area contributed by atoms with Gasteiger partial charge in [0, 0.05) is 12.7 Å². The standard InChI is InChI=1S/C9H14O4S/c1-5(10)11-8-7-6(4-14-8)12-9(2,3)13-7/h6-8H,4H2,1-3H3/t6-,7?,8-/m0/s1. The lowest BCUT2D eigenvalue weighted by molar-refractivity contribution is -0.162. The van der Waals surface area contributed by atoms with E-state index in [4.69, 9.17) is 14.2 Å². The van der Waals surface area contributed by atoms with Crippen LogP contribution in [0.15, 0.2) is 0 Å². The molecule has 0 aromatic heterocycles. The Morgan fingerprint density at radius 3 is 2.86 bits per heavy atom. The molecule has 2 aliphatic rings. The summed E-state index contributed by atoms with van der Waals surface area (Å²) in [4.78, 5) is 10.8. The Labute approximate surface area is 87.3 Å². The number of carbonyl (C=O) groups excluding carboxylic acids is 1. The normalized spacial score (nSPS) is 39.5. The van der Waals surface area contributed by atoms with E-state index in [0.717, 1.165) is 5.75 Å². The summed E-state index contributed by atoms with van der Waals surface area (Å²) in [5.41, 5.74) is -0.209. The van der Waals surface area contributed by atoms with Crippen LogP contribution in [0.5, 0.6) is 0 Å². The molecule has 3 atom stereocenters. The molecule has 0 bridgehead atoms. The van der Waals surface area contributed by atoms with Crippen LogP contribution in [0.3, 0.4) is 0 Å². The van der Waals surface area contributed by atoms with Crippen LogP contribution < -0.4 is 0 Å². The molecule has 0 aliphatic carbocycles. The van der Waals surface area contributed by atoms with Crippen molar-refractivity contribution in [2.75, 3.05) is 5.75 Å². The fourth-order valence-corrected chi connectivity index (χ4v) is 3.03. The first kappa shape index (κ1) is 10.3. The monoisotopic (exact) mass is 218 g/mol. The molecule has 0 amide bonds. The van der Waals surface area contributed by atoms with Crippen LogP contribution in [0, 0.1) is 0 Å². The number of rotatable bonds is 1. The Morgan fingerprint density at radius 2 is 2.21 bits per heavy atom. The third kappa shape index (κ3) is 1.89. The van der Waals surface area contributed by atoms with Gasteiger partial charge in [0.2, 0.25) is 0 Å². The predicted octanol–water partition coefficient (Wildman–Crippen LogP) is 1.14. The van der Waals surface area contributed by atoms with E-state index in [1.807, 2.05) is 13.8 Å². The largest absolute Gasteiger partial charge is 0.449 e. The number of thioether (sulfide) groups is 1. The molecule has 5 heteroatoms. The molecule has 4 nitrogen and oxygen atoms in total. The number of esters is 1. The van der Waals surface area contributed by atoms with Crippen LogP contribution in [-0.2, 0) is 19.0 Å². The molecule has 2 saturated heterocycles. The zero-order valence-corrected chi connectivity index (χ0v) is 9.30. The average molecular weight is 218 g/mol. The second kappa shape index (κ2) is 3.40. The number of fused-ring (bicyclic) bond motifs is 1. The highest BCUT2D eigenvalue weighted by molar-refractivity contribution is 8.00. The summed E-state index contributed by atoms with van der Waals surface area (Å²) in [6.45, 7) is 5.16. The molecule has 0 radical (unpaired) electrons. The van der Waals surface area contributed by atoms with E-state index in [1.165, 1.54) is 6.92 Å². The molecule has 2 aliphatic heterocycles. The van der Waals surface area contributed by atoms with Gasteiger partial charge in [0.25, 0.3) is 0 Å². The van der Waals surface area contributed by atoms with Gasteiger partial charge in [-0.05, 0) is 13.8 Å². The van der Waals surface area contributed by atoms with E-state index in [1.54, 1.807) is 11.8 Å². The van der Waals surface area contributed by atoms with E-state index < -0.39 is 5.79 Å². The molecule has 80 valence electrons. The Balaban J connectivity index is 2.01. The minimum absolute atomic E-state index is 0.0550. The van der Waals surface area contributed by atoms with Crippen molar-refractivity contribution in [3.8, 4) is 0 Å². The Morgan fingerprint density at radius 1 is 1.50 bits per heavy atom. The lowest BCUT2D eigenvalue weighted by Crippen LogP contribution is -2.30. The van der Waals surface area contributed by atoms with Crippen LogP contribution in [0.25, 0.3) is 0 Å². The SMILES string of the molecule is CC(=O)O[C@H]1SC[C@@H]2OC(C)(C)OC21. The van der Waals surface area contributed by atoms with E-state index in [-0.39, 0.29) is 23.6 Å². The fourth-order valence-electron chi connectivity index (χ4n) is 1.77. The van der Waals surface area contributed by atoms with E-state index >= 15 is 0 Å². The maximum atomic E-state index is 10.8. The van der Waals surface area contributed by atoms with Crippen molar-refractivity contribution in [3.05, 3.63) is 0 Å². The average Bonchev–Trinajstić information content (AvgIpc) is 2.47. The van der Waals surface area contributed by atoms with Gasteiger partial charge in [0.05, 0.1) is 0 Å². The second-order valence-corrected chi connectivity index (χ2v) is 5.08. The molecular weight excluding hydrogens is 204 g/mol. The van der Waals surface area contributed by atoms with Crippen molar-refractivity contribution in [1.82, 2.24) is 0 Å². The number of hydrogen-bond donors (Lipinski definition) is 0. The molecule has 0 N–H and O–H groups in total. The molecule has 2 heterocycles. The lowest BCUT2D eigenvalue weighted by Gasteiger charge is -2.20. The van der Waals surface area contributed by atoms with Crippen molar-refractivity contribution in [1.29, 1.82) is 0 Å². The summed E-state index contributed by atoms with van der Waals surface area (Å²) in [5.74, 6) is 0.0114. The highest BCUT2D eigenvalue weighted by Crippen LogP contribution is 2.41. The van der Waals surface area contributed by atoms with Crippen LogP contribution in [0.4, 0.5) is 0 Å². The smallest absolute Gasteiger partial charge is 0.303 e. The van der Waals surface area contributed by atoms with E-state index in [0.29, 0.717) is 0 Å².